The van der Waals surface area contributed by atoms with Gasteiger partial charge < -0.3 is 5.32 Å². The van der Waals surface area contributed by atoms with Crippen LogP contribution in [0, 0.1) is 15.4 Å². The highest BCUT2D eigenvalue weighted by atomic mass is 127. The van der Waals surface area contributed by atoms with Gasteiger partial charge in [-0.2, -0.15) is 0 Å². The van der Waals surface area contributed by atoms with Gasteiger partial charge in [0.2, 0.25) is 0 Å². The second-order valence-electron chi connectivity index (χ2n) is 5.27. The van der Waals surface area contributed by atoms with Crippen LogP contribution in [-0.4, -0.2) is 6.04 Å². The Morgan fingerprint density at radius 3 is 2.76 bits per heavy atom. The van der Waals surface area contributed by atoms with Gasteiger partial charge in [-0.15, -0.1) is 0 Å². The van der Waals surface area contributed by atoms with Crippen LogP contribution in [0.25, 0.3) is 0 Å². The Kier molecular flexibility index (Phi) is 4.59. The van der Waals surface area contributed by atoms with E-state index in [1.165, 1.54) is 28.5 Å². The molecule has 0 aromatic heterocycles. The van der Waals surface area contributed by atoms with E-state index >= 15 is 0 Å². The molecule has 1 aromatic rings. The summed E-state index contributed by atoms with van der Waals surface area (Å²) in [6, 6.07) is 6.67. The van der Waals surface area contributed by atoms with Crippen molar-refractivity contribution in [1.29, 1.82) is 0 Å². The minimum absolute atomic E-state index is 0.605. The average Bonchev–Trinajstić information content (AvgIpc) is 2.27. The lowest BCUT2D eigenvalue weighted by Gasteiger charge is -2.34. The molecule has 0 heterocycles. The Hall–Kier alpha value is 0.0400. The zero-order valence-corrected chi connectivity index (χ0v) is 13.3. The Morgan fingerprint density at radius 2 is 2.06 bits per heavy atom. The van der Waals surface area contributed by atoms with Crippen LogP contribution in [0.3, 0.4) is 0 Å². The number of anilines is 1. The zero-order valence-electron chi connectivity index (χ0n) is 10.3. The Balaban J connectivity index is 2.08. The van der Waals surface area contributed by atoms with E-state index in [2.05, 4.69) is 47.8 Å². The van der Waals surface area contributed by atoms with Gasteiger partial charge >= 0.3 is 0 Å². The van der Waals surface area contributed by atoms with Gasteiger partial charge in [-0.1, -0.05) is 31.9 Å². The van der Waals surface area contributed by atoms with Crippen molar-refractivity contribution in [1.82, 2.24) is 0 Å². The average molecular weight is 364 g/mol. The van der Waals surface area contributed by atoms with Crippen molar-refractivity contribution in [3.05, 3.63) is 26.8 Å². The maximum Gasteiger partial charge on any atom is 0.0479 e. The Bertz CT molecular complexity index is 394. The first-order chi connectivity index (χ1) is 8.06. The van der Waals surface area contributed by atoms with E-state index in [0.29, 0.717) is 6.04 Å². The smallest absolute Gasteiger partial charge is 0.0479 e. The molecule has 0 saturated heterocycles. The van der Waals surface area contributed by atoms with Gasteiger partial charge in [0.15, 0.2) is 0 Å². The summed E-state index contributed by atoms with van der Waals surface area (Å²) in [6.07, 6.45) is 3.99. The Morgan fingerprint density at radius 1 is 1.29 bits per heavy atom. The van der Waals surface area contributed by atoms with Crippen LogP contribution >= 0.6 is 34.2 Å². The third kappa shape index (κ3) is 3.50. The molecule has 2 rings (SSSR count). The highest BCUT2D eigenvalue weighted by Gasteiger charge is 2.25. The molecule has 0 bridgehead atoms. The number of hydrogen-bond donors (Lipinski definition) is 1. The minimum Gasteiger partial charge on any atom is -0.381 e. The standard InChI is InChI=1S/C14H19ClIN/c1-9-3-4-10(2)14(7-9)17-13-6-5-11(15)8-12(13)16/h5-6,8-10,14,17H,3-4,7H2,1-2H3. The van der Waals surface area contributed by atoms with Crippen LogP contribution in [0.15, 0.2) is 18.2 Å². The fourth-order valence-corrected chi connectivity index (χ4v) is 3.57. The van der Waals surface area contributed by atoms with Crippen molar-refractivity contribution in [2.24, 2.45) is 11.8 Å². The van der Waals surface area contributed by atoms with Crippen LogP contribution in [-0.2, 0) is 0 Å². The number of hydrogen-bond acceptors (Lipinski definition) is 1. The topological polar surface area (TPSA) is 12.0 Å². The number of rotatable bonds is 2. The molecule has 3 unspecified atom stereocenters. The molecule has 17 heavy (non-hydrogen) atoms. The molecule has 3 atom stereocenters. The van der Waals surface area contributed by atoms with Crippen molar-refractivity contribution in [3.8, 4) is 0 Å². The summed E-state index contributed by atoms with van der Waals surface area (Å²) in [4.78, 5) is 0. The zero-order chi connectivity index (χ0) is 12.4. The van der Waals surface area contributed by atoms with Crippen molar-refractivity contribution in [2.75, 3.05) is 5.32 Å². The molecule has 1 fully saturated rings. The van der Waals surface area contributed by atoms with Crippen LogP contribution in [0.4, 0.5) is 5.69 Å². The maximum absolute atomic E-state index is 5.98. The van der Waals surface area contributed by atoms with Crippen LogP contribution in [0.2, 0.25) is 5.02 Å². The van der Waals surface area contributed by atoms with Gasteiger partial charge in [-0.25, -0.2) is 0 Å². The quantitative estimate of drug-likeness (QED) is 0.714. The lowest BCUT2D eigenvalue weighted by atomic mass is 9.80. The molecule has 0 spiro atoms. The van der Waals surface area contributed by atoms with Crippen molar-refractivity contribution >= 4 is 39.9 Å². The van der Waals surface area contributed by atoms with Crippen molar-refractivity contribution < 1.29 is 0 Å². The summed E-state index contributed by atoms with van der Waals surface area (Å²) in [5, 5.41) is 4.50. The fourth-order valence-electron chi connectivity index (χ4n) is 2.54. The number of nitrogens with one attached hydrogen (secondary N) is 1. The molecule has 1 aliphatic carbocycles. The minimum atomic E-state index is 0.605. The van der Waals surface area contributed by atoms with Crippen LogP contribution < -0.4 is 5.32 Å². The summed E-state index contributed by atoms with van der Waals surface area (Å²) in [5.74, 6) is 1.60. The maximum atomic E-state index is 5.98. The van der Waals surface area contributed by atoms with E-state index in [0.717, 1.165) is 16.9 Å². The van der Waals surface area contributed by atoms with E-state index in [9.17, 15) is 0 Å². The molecular weight excluding hydrogens is 345 g/mol. The SMILES string of the molecule is CC1CCC(C)C(Nc2ccc(Cl)cc2I)C1. The van der Waals surface area contributed by atoms with Gasteiger partial charge in [0.25, 0.3) is 0 Å². The molecule has 1 saturated carbocycles. The summed E-state index contributed by atoms with van der Waals surface area (Å²) >= 11 is 8.33. The van der Waals surface area contributed by atoms with Crippen molar-refractivity contribution in [2.45, 2.75) is 39.2 Å². The summed E-state index contributed by atoms with van der Waals surface area (Å²) in [7, 11) is 0. The van der Waals surface area contributed by atoms with Gasteiger partial charge in [0.1, 0.15) is 0 Å². The Labute approximate surface area is 122 Å². The second-order valence-corrected chi connectivity index (χ2v) is 6.87. The first-order valence-electron chi connectivity index (χ1n) is 6.28. The van der Waals surface area contributed by atoms with Crippen molar-refractivity contribution in [3.63, 3.8) is 0 Å². The summed E-state index contributed by atoms with van der Waals surface area (Å²) < 4.78 is 1.21. The first kappa shape index (κ1) is 13.5. The monoisotopic (exact) mass is 363 g/mol. The number of benzene rings is 1. The van der Waals surface area contributed by atoms with Crippen LogP contribution in [0.1, 0.15) is 33.1 Å². The lowest BCUT2D eigenvalue weighted by molar-refractivity contribution is 0.280. The van der Waals surface area contributed by atoms with E-state index in [4.69, 9.17) is 11.6 Å². The molecule has 1 aromatic carbocycles. The number of halogens is 2. The second kappa shape index (κ2) is 5.79. The highest BCUT2D eigenvalue weighted by molar-refractivity contribution is 14.1. The molecule has 94 valence electrons. The first-order valence-corrected chi connectivity index (χ1v) is 7.73. The van der Waals surface area contributed by atoms with E-state index in [1.54, 1.807) is 0 Å². The molecule has 1 aliphatic rings. The fraction of sp³-hybridized carbons (Fsp3) is 0.571. The van der Waals surface area contributed by atoms with Gasteiger partial charge in [0, 0.05) is 20.3 Å². The van der Waals surface area contributed by atoms with Gasteiger partial charge in [0.05, 0.1) is 0 Å². The van der Waals surface area contributed by atoms with Gasteiger partial charge in [-0.05, 0) is 65.5 Å². The van der Waals surface area contributed by atoms with E-state index in [1.807, 2.05) is 12.1 Å². The molecule has 0 radical (unpaired) electrons. The normalized spacial score (nSPS) is 29.1. The summed E-state index contributed by atoms with van der Waals surface area (Å²) in [6.45, 7) is 4.71. The molecule has 0 aliphatic heterocycles. The predicted molar refractivity (Wildman–Crippen MR) is 83.8 cm³/mol. The third-order valence-corrected chi connectivity index (χ3v) is 4.86. The van der Waals surface area contributed by atoms with Gasteiger partial charge in [-0.3, -0.25) is 0 Å². The highest BCUT2D eigenvalue weighted by Crippen LogP contribution is 2.32. The predicted octanol–water partition coefficient (Wildman–Crippen LogP) is 5.18. The van der Waals surface area contributed by atoms with Crippen LogP contribution in [0.5, 0.6) is 0 Å². The third-order valence-electron chi connectivity index (χ3n) is 3.73. The van der Waals surface area contributed by atoms with E-state index in [-0.39, 0.29) is 0 Å². The largest absolute Gasteiger partial charge is 0.381 e. The molecule has 0 amide bonds. The van der Waals surface area contributed by atoms with E-state index < -0.39 is 0 Å². The lowest BCUT2D eigenvalue weighted by Crippen LogP contribution is -2.33. The molecule has 3 heteroatoms. The molecule has 1 N–H and O–H groups in total. The molecule has 1 nitrogen and oxygen atoms in total. The molecular formula is C14H19ClIN. The summed E-state index contributed by atoms with van der Waals surface area (Å²) in [5.41, 5.74) is 1.22.